The highest BCUT2D eigenvalue weighted by atomic mass is 35.5. The third-order valence-electron chi connectivity index (χ3n) is 3.59. The second kappa shape index (κ2) is 6.60. The Kier molecular flexibility index (Phi) is 4.55. The Morgan fingerprint density at radius 2 is 2.04 bits per heavy atom. The lowest BCUT2D eigenvalue weighted by molar-refractivity contribution is 0.0954. The van der Waals surface area contributed by atoms with Gasteiger partial charge in [0.2, 0.25) is 0 Å². The molecule has 23 heavy (non-hydrogen) atoms. The van der Waals surface area contributed by atoms with E-state index in [1.807, 2.05) is 35.7 Å². The molecule has 0 bridgehead atoms. The van der Waals surface area contributed by atoms with Crippen LogP contribution in [-0.2, 0) is 6.42 Å². The molecule has 6 heteroatoms. The number of benzene rings is 1. The van der Waals surface area contributed by atoms with E-state index in [2.05, 4.69) is 10.3 Å². The molecule has 1 aromatic carbocycles. The van der Waals surface area contributed by atoms with Gasteiger partial charge < -0.3 is 9.72 Å². The van der Waals surface area contributed by atoms with Crippen LogP contribution in [0.15, 0.2) is 42.6 Å². The summed E-state index contributed by atoms with van der Waals surface area (Å²) in [7, 11) is 0. The average molecular weight is 348 g/mol. The number of pyridine rings is 1. The third kappa shape index (κ3) is 3.49. The van der Waals surface area contributed by atoms with Gasteiger partial charge >= 0.3 is 0 Å². The first-order valence-corrected chi connectivity index (χ1v) is 7.97. The van der Waals surface area contributed by atoms with E-state index in [1.54, 1.807) is 18.2 Å². The summed E-state index contributed by atoms with van der Waals surface area (Å²) in [5.74, 6) is -0.177. The van der Waals surface area contributed by atoms with Gasteiger partial charge in [0.15, 0.2) is 0 Å². The number of imidazole rings is 1. The number of amides is 1. The smallest absolute Gasteiger partial charge is 0.251 e. The van der Waals surface area contributed by atoms with Crippen molar-refractivity contribution in [3.8, 4) is 0 Å². The molecule has 0 aliphatic heterocycles. The number of halogens is 2. The van der Waals surface area contributed by atoms with Gasteiger partial charge in [-0.3, -0.25) is 4.79 Å². The molecular weight excluding hydrogens is 333 g/mol. The topological polar surface area (TPSA) is 46.4 Å². The number of nitrogens with one attached hydrogen (secondary N) is 1. The Morgan fingerprint density at radius 1 is 1.22 bits per heavy atom. The molecule has 0 saturated carbocycles. The number of aromatic nitrogens is 2. The summed E-state index contributed by atoms with van der Waals surface area (Å²) in [5.41, 5.74) is 3.47. The zero-order chi connectivity index (χ0) is 16.4. The van der Waals surface area contributed by atoms with Crippen LogP contribution in [0, 0.1) is 6.92 Å². The highest BCUT2D eigenvalue weighted by molar-refractivity contribution is 6.42. The molecule has 1 amide bonds. The van der Waals surface area contributed by atoms with E-state index in [1.165, 1.54) is 0 Å². The molecule has 2 heterocycles. The van der Waals surface area contributed by atoms with Crippen LogP contribution in [0.5, 0.6) is 0 Å². The average Bonchev–Trinajstić information content (AvgIpc) is 2.94. The van der Waals surface area contributed by atoms with Gasteiger partial charge in [-0.1, -0.05) is 29.3 Å². The second-order valence-electron chi connectivity index (χ2n) is 5.26. The Morgan fingerprint density at radius 3 is 2.78 bits per heavy atom. The quantitative estimate of drug-likeness (QED) is 0.777. The molecule has 3 rings (SSSR count). The number of hydrogen-bond acceptors (Lipinski definition) is 2. The van der Waals surface area contributed by atoms with Crippen LogP contribution in [0.25, 0.3) is 5.65 Å². The Hall–Kier alpha value is -2.04. The van der Waals surface area contributed by atoms with Crippen LogP contribution in [-0.4, -0.2) is 21.8 Å². The summed E-state index contributed by atoms with van der Waals surface area (Å²) in [6, 6.07) is 10.8. The maximum Gasteiger partial charge on any atom is 0.251 e. The van der Waals surface area contributed by atoms with Crippen molar-refractivity contribution < 1.29 is 4.79 Å². The molecule has 2 aromatic heterocycles. The lowest BCUT2D eigenvalue weighted by atomic mass is 10.2. The van der Waals surface area contributed by atoms with Crippen LogP contribution in [0.3, 0.4) is 0 Å². The summed E-state index contributed by atoms with van der Waals surface area (Å²) < 4.78 is 2.04. The minimum Gasteiger partial charge on any atom is -0.352 e. The van der Waals surface area contributed by atoms with Gasteiger partial charge in [-0.25, -0.2) is 4.98 Å². The second-order valence-corrected chi connectivity index (χ2v) is 6.08. The van der Waals surface area contributed by atoms with Gasteiger partial charge in [-0.05, 0) is 37.3 Å². The molecule has 4 nitrogen and oxygen atoms in total. The number of rotatable bonds is 4. The van der Waals surface area contributed by atoms with Crippen molar-refractivity contribution in [3.63, 3.8) is 0 Å². The summed E-state index contributed by atoms with van der Waals surface area (Å²) in [5, 5.41) is 3.67. The van der Waals surface area contributed by atoms with Crippen LogP contribution < -0.4 is 5.32 Å². The summed E-state index contributed by atoms with van der Waals surface area (Å²) >= 11 is 11.8. The molecule has 0 atom stereocenters. The predicted octanol–water partition coefficient (Wildman–Crippen LogP) is 3.92. The van der Waals surface area contributed by atoms with Crippen LogP contribution in [0.2, 0.25) is 10.0 Å². The van der Waals surface area contributed by atoms with E-state index in [-0.39, 0.29) is 5.91 Å². The third-order valence-corrected chi connectivity index (χ3v) is 4.33. The summed E-state index contributed by atoms with van der Waals surface area (Å²) in [4.78, 5) is 16.6. The first-order chi connectivity index (χ1) is 11.0. The highest BCUT2D eigenvalue weighted by Crippen LogP contribution is 2.22. The summed E-state index contributed by atoms with van der Waals surface area (Å²) in [6.45, 7) is 2.53. The van der Waals surface area contributed by atoms with E-state index in [4.69, 9.17) is 23.2 Å². The largest absolute Gasteiger partial charge is 0.352 e. The van der Waals surface area contributed by atoms with Gasteiger partial charge in [0.1, 0.15) is 5.65 Å². The molecule has 1 N–H and O–H groups in total. The van der Waals surface area contributed by atoms with Crippen molar-refractivity contribution in [1.82, 2.24) is 14.7 Å². The van der Waals surface area contributed by atoms with Crippen LogP contribution in [0.1, 0.15) is 21.7 Å². The van der Waals surface area contributed by atoms with Gasteiger partial charge in [-0.15, -0.1) is 0 Å². The minimum absolute atomic E-state index is 0.177. The number of fused-ring (bicyclic) bond motifs is 1. The fourth-order valence-corrected chi connectivity index (χ4v) is 2.66. The molecule has 0 spiro atoms. The number of carbonyl (C=O) groups is 1. The number of carbonyl (C=O) groups excluding carboxylic acids is 1. The highest BCUT2D eigenvalue weighted by Gasteiger charge is 2.08. The van der Waals surface area contributed by atoms with Crippen molar-refractivity contribution in [2.24, 2.45) is 0 Å². The van der Waals surface area contributed by atoms with Crippen molar-refractivity contribution >= 4 is 34.8 Å². The molecule has 118 valence electrons. The molecule has 0 saturated heterocycles. The number of nitrogens with zero attached hydrogens (tertiary/aromatic N) is 2. The Labute approximate surface area is 144 Å². The standard InChI is InChI=1S/C17H15Cl2N3O/c1-11-3-2-4-16-21-13(10-22(11)16)7-8-20-17(23)12-5-6-14(18)15(19)9-12/h2-6,9-10H,7-8H2,1H3,(H,20,23). The first-order valence-electron chi connectivity index (χ1n) is 7.21. The maximum absolute atomic E-state index is 12.1. The van der Waals surface area contributed by atoms with E-state index in [0.717, 1.165) is 17.0 Å². The first kappa shape index (κ1) is 15.8. The molecule has 0 aliphatic rings. The van der Waals surface area contributed by atoms with Crippen molar-refractivity contribution in [2.45, 2.75) is 13.3 Å². The van der Waals surface area contributed by atoms with Crippen molar-refractivity contribution in [2.75, 3.05) is 6.54 Å². The van der Waals surface area contributed by atoms with Gasteiger partial charge in [-0.2, -0.15) is 0 Å². The monoisotopic (exact) mass is 347 g/mol. The fourth-order valence-electron chi connectivity index (χ4n) is 2.36. The molecule has 0 aliphatic carbocycles. The van der Waals surface area contributed by atoms with Crippen molar-refractivity contribution in [3.05, 3.63) is 69.6 Å². The maximum atomic E-state index is 12.1. The number of aryl methyl sites for hydroxylation is 1. The fraction of sp³-hybridized carbons (Fsp3) is 0.176. The summed E-state index contributed by atoms with van der Waals surface area (Å²) in [6.07, 6.45) is 2.66. The van der Waals surface area contributed by atoms with E-state index in [0.29, 0.717) is 28.6 Å². The van der Waals surface area contributed by atoms with Gasteiger partial charge in [0.05, 0.1) is 15.7 Å². The molecule has 0 unspecified atom stereocenters. The zero-order valence-electron chi connectivity index (χ0n) is 12.5. The van der Waals surface area contributed by atoms with Gasteiger partial charge in [0, 0.05) is 30.4 Å². The normalized spacial score (nSPS) is 10.9. The molecule has 3 aromatic rings. The van der Waals surface area contributed by atoms with Crippen LogP contribution in [0.4, 0.5) is 0 Å². The Balaban J connectivity index is 1.62. The van der Waals surface area contributed by atoms with E-state index in [9.17, 15) is 4.79 Å². The lowest BCUT2D eigenvalue weighted by Gasteiger charge is -2.05. The molecule has 0 radical (unpaired) electrons. The molecular formula is C17H15Cl2N3O. The lowest BCUT2D eigenvalue weighted by Crippen LogP contribution is -2.25. The van der Waals surface area contributed by atoms with Crippen LogP contribution >= 0.6 is 23.2 Å². The predicted molar refractivity (Wildman–Crippen MR) is 92.4 cm³/mol. The zero-order valence-corrected chi connectivity index (χ0v) is 14.0. The minimum atomic E-state index is -0.177. The van der Waals surface area contributed by atoms with E-state index < -0.39 is 0 Å². The molecule has 0 fully saturated rings. The number of hydrogen-bond donors (Lipinski definition) is 1. The van der Waals surface area contributed by atoms with Crippen molar-refractivity contribution in [1.29, 1.82) is 0 Å². The SMILES string of the molecule is Cc1cccc2nc(CCNC(=O)c3ccc(Cl)c(Cl)c3)cn12. The van der Waals surface area contributed by atoms with Gasteiger partial charge in [0.25, 0.3) is 5.91 Å². The van der Waals surface area contributed by atoms with E-state index >= 15 is 0 Å². The Bertz CT molecular complexity index is 873.